The maximum absolute atomic E-state index is 10.5. The van der Waals surface area contributed by atoms with Gasteiger partial charge >= 0.3 is 0 Å². The lowest BCUT2D eigenvalue weighted by Crippen LogP contribution is -1.97. The lowest BCUT2D eigenvalue weighted by Gasteiger charge is -2.01. The molecule has 0 aromatic carbocycles. The van der Waals surface area contributed by atoms with Gasteiger partial charge in [-0.15, -0.1) is 0 Å². The average molecular weight is 237 g/mol. The van der Waals surface area contributed by atoms with Crippen molar-refractivity contribution in [1.29, 1.82) is 0 Å². The van der Waals surface area contributed by atoms with Crippen molar-refractivity contribution in [2.45, 2.75) is 59.7 Å². The van der Waals surface area contributed by atoms with Crippen molar-refractivity contribution in [1.82, 2.24) is 0 Å². The van der Waals surface area contributed by atoms with Gasteiger partial charge in [-0.2, -0.15) is 5.11 Å². The summed E-state index contributed by atoms with van der Waals surface area (Å²) in [4.78, 5) is 0. The van der Waals surface area contributed by atoms with Crippen LogP contribution in [-0.4, -0.2) is 11.4 Å². The summed E-state index contributed by atoms with van der Waals surface area (Å²) in [5.41, 5.74) is 3.71. The van der Waals surface area contributed by atoms with Gasteiger partial charge in [0.05, 0.1) is 0 Å². The molecule has 97 valence electrons. The fourth-order valence-electron chi connectivity index (χ4n) is 1.56. The van der Waals surface area contributed by atoms with Crippen molar-refractivity contribution in [3.8, 4) is 0 Å². The van der Waals surface area contributed by atoms with Crippen molar-refractivity contribution < 1.29 is 10.2 Å². The van der Waals surface area contributed by atoms with Crippen LogP contribution in [0.1, 0.15) is 53.4 Å². The summed E-state index contributed by atoms with van der Waals surface area (Å²) in [6, 6.07) is 0. The Balaban J connectivity index is 3.88. The van der Waals surface area contributed by atoms with Gasteiger partial charge in [0.1, 0.15) is 0 Å². The van der Waals surface area contributed by atoms with Crippen LogP contribution in [0.4, 0.5) is 0 Å². The van der Waals surface area contributed by atoms with E-state index in [0.717, 1.165) is 31.3 Å². The summed E-state index contributed by atoms with van der Waals surface area (Å²) in [5.74, 6) is 0. The topological polar surface area (TPSA) is 40.1 Å². The second-order valence-electron chi connectivity index (χ2n) is 4.81. The fraction of sp³-hybridized carbons (Fsp3) is 0.600. The van der Waals surface area contributed by atoms with Crippen molar-refractivity contribution in [2.24, 2.45) is 0 Å². The molecule has 0 spiro atoms. The fourth-order valence-corrected chi connectivity index (χ4v) is 1.56. The summed E-state index contributed by atoms with van der Waals surface area (Å²) in [6.07, 6.45) is 8.24. The van der Waals surface area contributed by atoms with Crippen LogP contribution in [-0.2, 0) is 5.11 Å². The summed E-state index contributed by atoms with van der Waals surface area (Å²) in [5, 5.41) is 19.1. The zero-order chi connectivity index (χ0) is 13.3. The van der Waals surface area contributed by atoms with Crippen molar-refractivity contribution in [2.75, 3.05) is 0 Å². The van der Waals surface area contributed by atoms with Crippen LogP contribution < -0.4 is 0 Å². The van der Waals surface area contributed by atoms with E-state index in [0.29, 0.717) is 0 Å². The summed E-state index contributed by atoms with van der Waals surface area (Å²) < 4.78 is 0. The first-order chi connectivity index (χ1) is 7.91. The minimum Gasteiger partial charge on any atom is -0.363 e. The second kappa shape index (κ2) is 9.20. The number of aliphatic hydroxyl groups excluding tert-OH is 1. The number of rotatable bonds is 7. The van der Waals surface area contributed by atoms with Crippen LogP contribution in [0, 0.1) is 0 Å². The molecule has 0 heterocycles. The van der Waals surface area contributed by atoms with E-state index in [1.165, 1.54) is 17.2 Å². The second-order valence-corrected chi connectivity index (χ2v) is 4.81. The minimum atomic E-state index is -1.57. The third-order valence-corrected chi connectivity index (χ3v) is 2.55. The van der Waals surface area contributed by atoms with E-state index in [-0.39, 0.29) is 0 Å². The summed E-state index contributed by atoms with van der Waals surface area (Å²) in [7, 11) is 0. The Morgan fingerprint density at radius 1 is 1.00 bits per heavy atom. The van der Waals surface area contributed by atoms with E-state index in [9.17, 15) is 5.11 Å². The van der Waals surface area contributed by atoms with E-state index in [4.69, 9.17) is 5.11 Å². The third-order valence-electron chi connectivity index (χ3n) is 2.55. The normalized spacial score (nSPS) is 13.1. The third kappa shape index (κ3) is 11.4. The van der Waals surface area contributed by atoms with Gasteiger partial charge in [-0.05, 0) is 59.5 Å². The van der Waals surface area contributed by atoms with Gasteiger partial charge in [0.2, 0.25) is 6.29 Å². The van der Waals surface area contributed by atoms with Gasteiger partial charge in [0.15, 0.2) is 0 Å². The van der Waals surface area contributed by atoms with Crippen LogP contribution in [0.15, 0.2) is 34.9 Å². The van der Waals surface area contributed by atoms with Crippen LogP contribution >= 0.6 is 0 Å². The van der Waals surface area contributed by atoms with Gasteiger partial charge in [0, 0.05) is 0 Å². The van der Waals surface area contributed by atoms with E-state index in [2.05, 4.69) is 32.9 Å². The molecule has 0 saturated heterocycles. The zero-order valence-corrected chi connectivity index (χ0v) is 11.5. The maximum atomic E-state index is 10.5. The Hall–Kier alpha value is -0.860. The monoisotopic (exact) mass is 237 g/mol. The first-order valence-electron chi connectivity index (χ1n) is 6.22. The van der Waals surface area contributed by atoms with Crippen LogP contribution in [0.2, 0.25) is 0 Å². The summed E-state index contributed by atoms with van der Waals surface area (Å²) >= 11 is 0. The molecule has 0 aliphatic rings. The van der Waals surface area contributed by atoms with Crippen LogP contribution in [0.25, 0.3) is 0 Å². The molecular weight excluding hydrogens is 212 g/mol. The SMILES string of the molecule is CC(C)=CCCC(C)=CCCC(C)=CC([O])O. The van der Waals surface area contributed by atoms with E-state index in [1.807, 2.05) is 6.92 Å². The molecule has 0 aromatic heterocycles. The molecule has 0 aliphatic carbocycles. The van der Waals surface area contributed by atoms with Crippen LogP contribution in [0.3, 0.4) is 0 Å². The molecule has 1 radical (unpaired) electrons. The van der Waals surface area contributed by atoms with E-state index < -0.39 is 6.29 Å². The summed E-state index contributed by atoms with van der Waals surface area (Å²) in [6.45, 7) is 8.25. The molecule has 0 bridgehead atoms. The van der Waals surface area contributed by atoms with Gasteiger partial charge in [-0.25, -0.2) is 0 Å². The largest absolute Gasteiger partial charge is 0.363 e. The molecule has 0 saturated carbocycles. The molecule has 0 fully saturated rings. The molecule has 0 amide bonds. The highest BCUT2D eigenvalue weighted by Gasteiger charge is 1.95. The Kier molecular flexibility index (Phi) is 8.73. The quantitative estimate of drug-likeness (QED) is 0.524. The van der Waals surface area contributed by atoms with Crippen molar-refractivity contribution >= 4 is 0 Å². The standard InChI is InChI=1S/C15H25O2/c1-12(2)7-5-8-13(3)9-6-10-14(4)11-15(16)17/h7,9,11,15-16H,5-6,8,10H2,1-4H3. The first kappa shape index (κ1) is 16.1. The average Bonchev–Trinajstić information content (AvgIpc) is 2.15. The van der Waals surface area contributed by atoms with Crippen LogP contribution in [0.5, 0.6) is 0 Å². The van der Waals surface area contributed by atoms with Gasteiger partial charge < -0.3 is 5.11 Å². The minimum absolute atomic E-state index is 0.847. The Bertz CT molecular complexity index is 292. The van der Waals surface area contributed by atoms with Gasteiger partial charge in [0.25, 0.3) is 0 Å². The highest BCUT2D eigenvalue weighted by atomic mass is 16.5. The number of hydrogen-bond acceptors (Lipinski definition) is 1. The number of aliphatic hydroxyl groups is 1. The first-order valence-corrected chi connectivity index (χ1v) is 6.22. The molecule has 1 atom stereocenters. The van der Waals surface area contributed by atoms with E-state index in [1.54, 1.807) is 0 Å². The molecule has 0 aliphatic heterocycles. The molecular formula is C15H25O2. The molecule has 0 rings (SSSR count). The van der Waals surface area contributed by atoms with Crippen molar-refractivity contribution in [3.63, 3.8) is 0 Å². The Morgan fingerprint density at radius 2 is 1.53 bits per heavy atom. The Morgan fingerprint density at radius 3 is 2.06 bits per heavy atom. The number of allylic oxidation sites excluding steroid dienone is 5. The predicted octanol–water partition coefficient (Wildman–Crippen LogP) is 4.15. The Labute approximate surface area is 105 Å². The molecule has 1 N–H and O–H groups in total. The molecule has 0 aromatic rings. The number of hydrogen-bond donors (Lipinski definition) is 1. The molecule has 17 heavy (non-hydrogen) atoms. The smallest absolute Gasteiger partial charge is 0.208 e. The van der Waals surface area contributed by atoms with Crippen molar-refractivity contribution in [3.05, 3.63) is 34.9 Å². The lowest BCUT2D eigenvalue weighted by molar-refractivity contribution is -0.0530. The molecule has 2 nitrogen and oxygen atoms in total. The maximum Gasteiger partial charge on any atom is 0.208 e. The highest BCUT2D eigenvalue weighted by molar-refractivity contribution is 5.05. The lowest BCUT2D eigenvalue weighted by atomic mass is 10.1. The molecule has 1 unspecified atom stereocenters. The zero-order valence-electron chi connectivity index (χ0n) is 11.5. The van der Waals surface area contributed by atoms with E-state index >= 15 is 0 Å². The predicted molar refractivity (Wildman–Crippen MR) is 72.1 cm³/mol. The molecule has 2 heteroatoms. The van der Waals surface area contributed by atoms with Gasteiger partial charge in [-0.1, -0.05) is 28.9 Å². The van der Waals surface area contributed by atoms with Gasteiger partial charge in [-0.3, -0.25) is 0 Å². The highest BCUT2D eigenvalue weighted by Crippen LogP contribution is 2.11.